The Bertz CT molecular complexity index is 940. The Labute approximate surface area is 177 Å². The number of hydrogen-bond donors (Lipinski definition) is 0. The van der Waals surface area contributed by atoms with Gasteiger partial charge < -0.3 is 19.3 Å². The van der Waals surface area contributed by atoms with Gasteiger partial charge >= 0.3 is 0 Å². The van der Waals surface area contributed by atoms with Crippen molar-refractivity contribution in [2.24, 2.45) is 0 Å². The average molecular weight is 437 g/mol. The van der Waals surface area contributed by atoms with Crippen molar-refractivity contribution in [2.45, 2.75) is 38.3 Å². The largest absolute Gasteiger partial charge is 0.484 e. The number of hydrogen-bond acceptors (Lipinski definition) is 6. The highest BCUT2D eigenvalue weighted by Gasteiger charge is 2.45. The van der Waals surface area contributed by atoms with Crippen LogP contribution in [0.1, 0.15) is 35.7 Å². The van der Waals surface area contributed by atoms with Gasteiger partial charge in [-0.25, -0.2) is 8.42 Å². The molecule has 0 saturated carbocycles. The third-order valence-corrected chi connectivity index (χ3v) is 7.91. The molecule has 164 valence electrons. The van der Waals surface area contributed by atoms with Crippen LogP contribution in [-0.2, 0) is 19.4 Å². The Kier molecular flexibility index (Phi) is 5.52. The Morgan fingerprint density at radius 1 is 1.17 bits per heavy atom. The SMILES string of the molecule is Cc1ccc2c(c1)C(=O)N(C(C)C(=O)N1CCS(=O)(=O)CC1)CC1(CCOCC1)O2. The molecule has 0 radical (unpaired) electrons. The molecule has 1 atom stereocenters. The van der Waals surface area contributed by atoms with Crippen molar-refractivity contribution in [3.63, 3.8) is 0 Å². The maximum atomic E-state index is 13.5. The van der Waals surface area contributed by atoms with E-state index in [0.717, 1.165) is 5.56 Å². The van der Waals surface area contributed by atoms with E-state index in [9.17, 15) is 18.0 Å². The minimum absolute atomic E-state index is 0.0359. The smallest absolute Gasteiger partial charge is 0.258 e. The highest BCUT2D eigenvalue weighted by molar-refractivity contribution is 7.91. The standard InChI is InChI=1S/C21H28N2O6S/c1-15-3-4-18-17(13-15)20(25)23(14-21(29-18)5-9-28-10-6-21)16(2)19(24)22-7-11-30(26,27)12-8-22/h3-4,13,16H,5-12,14H2,1-2H3. The van der Waals surface area contributed by atoms with Gasteiger partial charge in [0.2, 0.25) is 5.91 Å². The number of aryl methyl sites for hydroxylation is 1. The fraction of sp³-hybridized carbons (Fsp3) is 0.619. The van der Waals surface area contributed by atoms with E-state index in [1.165, 1.54) is 0 Å². The predicted molar refractivity (Wildman–Crippen MR) is 110 cm³/mol. The second-order valence-corrected chi connectivity index (χ2v) is 10.8. The Hall–Kier alpha value is -2.13. The van der Waals surface area contributed by atoms with Crippen LogP contribution in [0.4, 0.5) is 0 Å². The van der Waals surface area contributed by atoms with Crippen LogP contribution in [0.2, 0.25) is 0 Å². The van der Waals surface area contributed by atoms with Gasteiger partial charge in [-0.15, -0.1) is 0 Å². The van der Waals surface area contributed by atoms with Gasteiger partial charge in [0.1, 0.15) is 17.4 Å². The molecule has 1 unspecified atom stereocenters. The molecule has 2 amide bonds. The van der Waals surface area contributed by atoms with Crippen LogP contribution in [0, 0.1) is 6.92 Å². The quantitative estimate of drug-likeness (QED) is 0.687. The summed E-state index contributed by atoms with van der Waals surface area (Å²) in [5.74, 6) is 0.00954. The Balaban J connectivity index is 1.64. The van der Waals surface area contributed by atoms with E-state index in [1.54, 1.807) is 22.8 Å². The molecule has 4 rings (SSSR count). The molecule has 1 aromatic carbocycles. The highest BCUT2D eigenvalue weighted by atomic mass is 32.2. The highest BCUT2D eigenvalue weighted by Crippen LogP contribution is 2.36. The zero-order valence-electron chi connectivity index (χ0n) is 17.4. The van der Waals surface area contributed by atoms with Crippen molar-refractivity contribution in [2.75, 3.05) is 44.4 Å². The summed E-state index contributed by atoms with van der Waals surface area (Å²) in [6.45, 7) is 5.33. The molecule has 1 spiro atoms. The second kappa shape index (κ2) is 7.85. The van der Waals surface area contributed by atoms with Crippen molar-refractivity contribution < 1.29 is 27.5 Å². The van der Waals surface area contributed by atoms with Crippen molar-refractivity contribution in [3.8, 4) is 5.75 Å². The Morgan fingerprint density at radius 2 is 1.83 bits per heavy atom. The number of amides is 2. The number of carbonyl (C=O) groups excluding carboxylic acids is 2. The summed E-state index contributed by atoms with van der Waals surface area (Å²) in [5, 5.41) is 0. The molecular formula is C21H28N2O6S. The van der Waals surface area contributed by atoms with Crippen LogP contribution in [0.25, 0.3) is 0 Å². The van der Waals surface area contributed by atoms with Crippen LogP contribution in [-0.4, -0.2) is 86.0 Å². The summed E-state index contributed by atoms with van der Waals surface area (Å²) in [7, 11) is -3.09. The zero-order chi connectivity index (χ0) is 21.5. The van der Waals surface area contributed by atoms with Gasteiger partial charge in [-0.1, -0.05) is 11.6 Å². The lowest BCUT2D eigenvalue weighted by atomic mass is 9.92. The molecule has 8 nitrogen and oxygen atoms in total. The number of sulfone groups is 1. The van der Waals surface area contributed by atoms with Gasteiger partial charge in [0.05, 0.1) is 36.8 Å². The normalized spacial score (nSPS) is 24.0. The first-order valence-corrected chi connectivity index (χ1v) is 12.2. The van der Waals surface area contributed by atoms with E-state index in [-0.39, 0.29) is 36.4 Å². The summed E-state index contributed by atoms with van der Waals surface area (Å²) in [5.41, 5.74) is 0.793. The van der Waals surface area contributed by atoms with Crippen LogP contribution in [0.15, 0.2) is 18.2 Å². The fourth-order valence-corrected chi connectivity index (χ4v) is 5.55. The molecule has 30 heavy (non-hydrogen) atoms. The minimum Gasteiger partial charge on any atom is -0.484 e. The van der Waals surface area contributed by atoms with E-state index in [4.69, 9.17) is 9.47 Å². The molecule has 3 heterocycles. The molecule has 3 aliphatic rings. The van der Waals surface area contributed by atoms with Gasteiger partial charge in [-0.2, -0.15) is 0 Å². The molecule has 0 aromatic heterocycles. The van der Waals surface area contributed by atoms with Gasteiger partial charge in [0.25, 0.3) is 5.91 Å². The fourth-order valence-electron chi connectivity index (χ4n) is 4.35. The number of ether oxygens (including phenoxy) is 2. The monoisotopic (exact) mass is 436 g/mol. The lowest BCUT2D eigenvalue weighted by molar-refractivity contribution is -0.136. The maximum absolute atomic E-state index is 13.5. The van der Waals surface area contributed by atoms with Crippen molar-refractivity contribution in [1.82, 2.24) is 9.80 Å². The number of nitrogens with zero attached hydrogens (tertiary/aromatic N) is 2. The van der Waals surface area contributed by atoms with Crippen molar-refractivity contribution in [3.05, 3.63) is 29.3 Å². The lowest BCUT2D eigenvalue weighted by Gasteiger charge is -2.41. The Morgan fingerprint density at radius 3 is 2.50 bits per heavy atom. The first-order chi connectivity index (χ1) is 14.2. The number of benzene rings is 1. The van der Waals surface area contributed by atoms with Crippen LogP contribution in [0.3, 0.4) is 0 Å². The average Bonchev–Trinajstić information content (AvgIpc) is 2.83. The van der Waals surface area contributed by atoms with E-state index >= 15 is 0 Å². The number of carbonyl (C=O) groups is 2. The van der Waals surface area contributed by atoms with Gasteiger partial charge in [0.15, 0.2) is 9.84 Å². The summed E-state index contributed by atoms with van der Waals surface area (Å²) >= 11 is 0. The predicted octanol–water partition coefficient (Wildman–Crippen LogP) is 1.02. The lowest BCUT2D eigenvalue weighted by Crippen LogP contribution is -2.57. The van der Waals surface area contributed by atoms with Crippen LogP contribution >= 0.6 is 0 Å². The second-order valence-electron chi connectivity index (χ2n) is 8.48. The summed E-state index contributed by atoms with van der Waals surface area (Å²) < 4.78 is 35.4. The van der Waals surface area contributed by atoms with Crippen molar-refractivity contribution >= 4 is 21.7 Å². The summed E-state index contributed by atoms with van der Waals surface area (Å²) in [6, 6.07) is 4.82. The molecule has 3 aliphatic heterocycles. The zero-order valence-corrected chi connectivity index (χ0v) is 18.2. The summed E-state index contributed by atoms with van der Waals surface area (Å²) in [4.78, 5) is 29.8. The third-order valence-electron chi connectivity index (χ3n) is 6.30. The molecule has 1 aromatic rings. The van der Waals surface area contributed by atoms with Gasteiger partial charge in [0, 0.05) is 25.9 Å². The van der Waals surface area contributed by atoms with Gasteiger partial charge in [-0.3, -0.25) is 9.59 Å². The molecule has 2 saturated heterocycles. The van der Waals surface area contributed by atoms with Gasteiger partial charge in [-0.05, 0) is 26.0 Å². The number of fused-ring (bicyclic) bond motifs is 1. The van der Waals surface area contributed by atoms with E-state index < -0.39 is 21.5 Å². The summed E-state index contributed by atoms with van der Waals surface area (Å²) in [6.07, 6.45) is 1.26. The maximum Gasteiger partial charge on any atom is 0.258 e. The van der Waals surface area contributed by atoms with E-state index in [2.05, 4.69) is 0 Å². The topological polar surface area (TPSA) is 93.2 Å². The first-order valence-electron chi connectivity index (χ1n) is 10.4. The van der Waals surface area contributed by atoms with Crippen LogP contribution in [0.5, 0.6) is 5.75 Å². The van der Waals surface area contributed by atoms with E-state index in [0.29, 0.717) is 43.9 Å². The van der Waals surface area contributed by atoms with E-state index in [1.807, 2.05) is 19.1 Å². The first kappa shape index (κ1) is 21.1. The van der Waals surface area contributed by atoms with Crippen LogP contribution < -0.4 is 4.74 Å². The molecule has 0 N–H and O–H groups in total. The molecule has 0 bridgehead atoms. The van der Waals surface area contributed by atoms with Crippen molar-refractivity contribution in [1.29, 1.82) is 0 Å². The minimum atomic E-state index is -3.09. The molecular weight excluding hydrogens is 408 g/mol. The third kappa shape index (κ3) is 4.05. The molecule has 9 heteroatoms. The molecule has 0 aliphatic carbocycles. The molecule has 2 fully saturated rings. The number of rotatable bonds is 2.